The van der Waals surface area contributed by atoms with Crippen molar-refractivity contribution >= 4 is 16.2 Å². The molecular weight excluding hydrogens is 182 g/mol. The van der Waals surface area contributed by atoms with Gasteiger partial charge in [-0.25, -0.2) is 0 Å². The van der Waals surface area contributed by atoms with E-state index in [4.69, 9.17) is 9.26 Å². The third kappa shape index (κ3) is 5.05. The summed E-state index contributed by atoms with van der Waals surface area (Å²) in [5.74, 6) is -0.513. The van der Waals surface area contributed by atoms with Crippen molar-refractivity contribution in [3.63, 3.8) is 0 Å². The highest BCUT2D eigenvalue weighted by molar-refractivity contribution is 5.98. The summed E-state index contributed by atoms with van der Waals surface area (Å²) in [5.41, 5.74) is 1.03. The zero-order chi connectivity index (χ0) is 10.3. The number of oxime groups is 1. The Balaban J connectivity index is 4.03. The van der Waals surface area contributed by atoms with E-state index in [1.165, 1.54) is 0 Å². The zero-order valence-corrected chi connectivity index (χ0v) is 11.4. The van der Waals surface area contributed by atoms with Crippen molar-refractivity contribution in [2.45, 2.75) is 52.7 Å². The van der Waals surface area contributed by atoms with Crippen LogP contribution in [0.4, 0.5) is 0 Å². The van der Waals surface area contributed by atoms with Crippen molar-refractivity contribution in [2.24, 2.45) is 5.16 Å². The molecule has 0 bridgehead atoms. The molecule has 0 aliphatic rings. The topological polar surface area (TPSA) is 30.8 Å². The molecule has 0 aromatic heterocycles. The van der Waals surface area contributed by atoms with Crippen molar-refractivity contribution in [1.82, 2.24) is 0 Å². The van der Waals surface area contributed by atoms with Gasteiger partial charge in [0.25, 0.3) is 0 Å². The maximum absolute atomic E-state index is 5.34. The van der Waals surface area contributed by atoms with Crippen molar-refractivity contribution in [3.8, 4) is 0 Å². The standard InChI is InChI=1S/C9H21NO2Si/c1-5-7-8(3)10-11-9(4,6-2)12-13/h5-7H2,1-4,13H3. The Hall–Kier alpha value is -0.353. The summed E-state index contributed by atoms with van der Waals surface area (Å²) in [5, 5.41) is 4.04. The van der Waals surface area contributed by atoms with Crippen LogP contribution >= 0.6 is 0 Å². The fraction of sp³-hybridized carbons (Fsp3) is 0.889. The van der Waals surface area contributed by atoms with Gasteiger partial charge in [0.15, 0.2) is 10.5 Å². The van der Waals surface area contributed by atoms with Crippen LogP contribution in [-0.2, 0) is 9.26 Å². The summed E-state index contributed by atoms with van der Waals surface area (Å²) >= 11 is 0. The molecule has 0 N–H and O–H groups in total. The zero-order valence-electron chi connectivity index (χ0n) is 9.39. The first-order valence-corrected chi connectivity index (χ1v) is 5.66. The molecule has 0 aliphatic carbocycles. The predicted molar refractivity (Wildman–Crippen MR) is 58.8 cm³/mol. The van der Waals surface area contributed by atoms with Crippen molar-refractivity contribution < 1.29 is 9.26 Å². The fourth-order valence-electron chi connectivity index (χ4n) is 0.828. The summed E-state index contributed by atoms with van der Waals surface area (Å²) in [6.45, 7) is 8.05. The minimum absolute atomic E-state index is 0.513. The van der Waals surface area contributed by atoms with Gasteiger partial charge in [0.2, 0.25) is 5.79 Å². The van der Waals surface area contributed by atoms with Gasteiger partial charge in [0.05, 0.1) is 5.71 Å². The second kappa shape index (κ2) is 6.15. The second-order valence-corrected chi connectivity index (χ2v) is 3.77. The molecule has 0 spiro atoms. The lowest BCUT2D eigenvalue weighted by Gasteiger charge is -2.24. The van der Waals surface area contributed by atoms with Crippen LogP contribution in [0.15, 0.2) is 5.16 Å². The van der Waals surface area contributed by atoms with Gasteiger partial charge in [0, 0.05) is 13.3 Å². The molecule has 1 atom stereocenters. The quantitative estimate of drug-likeness (QED) is 0.284. The molecule has 0 aliphatic heterocycles. The number of nitrogens with zero attached hydrogens (tertiary/aromatic N) is 1. The molecule has 0 aromatic rings. The van der Waals surface area contributed by atoms with Crippen molar-refractivity contribution in [1.29, 1.82) is 0 Å². The fourth-order valence-corrected chi connectivity index (χ4v) is 1.19. The van der Waals surface area contributed by atoms with Crippen LogP contribution in [0.2, 0.25) is 0 Å². The highest BCUT2D eigenvalue weighted by atomic mass is 28.2. The minimum atomic E-state index is -0.513. The third-order valence-electron chi connectivity index (χ3n) is 2.08. The lowest BCUT2D eigenvalue weighted by atomic mass is 10.2. The van der Waals surface area contributed by atoms with Gasteiger partial charge in [-0.3, -0.25) is 0 Å². The maximum Gasteiger partial charge on any atom is 0.224 e. The predicted octanol–water partition coefficient (Wildman–Crippen LogP) is 1.60. The Morgan fingerprint density at radius 2 is 2.08 bits per heavy atom. The molecule has 78 valence electrons. The van der Waals surface area contributed by atoms with Gasteiger partial charge in [-0.05, 0) is 13.3 Å². The molecule has 0 saturated carbocycles. The largest absolute Gasteiger partial charge is 0.391 e. The summed E-state index contributed by atoms with van der Waals surface area (Å²) in [4.78, 5) is 5.34. The Morgan fingerprint density at radius 1 is 1.46 bits per heavy atom. The minimum Gasteiger partial charge on any atom is -0.391 e. The number of rotatable bonds is 6. The molecule has 4 heteroatoms. The van der Waals surface area contributed by atoms with Crippen molar-refractivity contribution in [3.05, 3.63) is 0 Å². The van der Waals surface area contributed by atoms with Crippen LogP contribution in [0.25, 0.3) is 0 Å². The molecular formula is C9H21NO2Si. The number of hydrogen-bond acceptors (Lipinski definition) is 3. The lowest BCUT2D eigenvalue weighted by Crippen LogP contribution is -2.28. The summed E-state index contributed by atoms with van der Waals surface area (Å²) in [7, 11) is 0.675. The van der Waals surface area contributed by atoms with E-state index in [-0.39, 0.29) is 0 Å². The normalized spacial score (nSPS) is 17.1. The average Bonchev–Trinajstić information content (AvgIpc) is 2.15. The van der Waals surface area contributed by atoms with Gasteiger partial charge < -0.3 is 9.26 Å². The number of hydrogen-bond donors (Lipinski definition) is 0. The molecule has 0 radical (unpaired) electrons. The summed E-state index contributed by atoms with van der Waals surface area (Å²) in [6, 6.07) is 0. The van der Waals surface area contributed by atoms with Gasteiger partial charge in [-0.1, -0.05) is 25.4 Å². The van der Waals surface area contributed by atoms with Crippen LogP contribution in [0.5, 0.6) is 0 Å². The van der Waals surface area contributed by atoms with Crippen molar-refractivity contribution in [2.75, 3.05) is 0 Å². The van der Waals surface area contributed by atoms with Crippen LogP contribution in [-0.4, -0.2) is 22.0 Å². The summed E-state index contributed by atoms with van der Waals surface area (Å²) < 4.78 is 5.33. The molecule has 0 rings (SSSR count). The maximum atomic E-state index is 5.34. The van der Waals surface area contributed by atoms with Crippen LogP contribution in [0.1, 0.15) is 47.0 Å². The Kier molecular flexibility index (Phi) is 5.99. The van der Waals surface area contributed by atoms with E-state index in [9.17, 15) is 0 Å². The molecule has 0 saturated heterocycles. The first-order chi connectivity index (χ1) is 6.08. The smallest absolute Gasteiger partial charge is 0.224 e. The molecule has 0 amide bonds. The average molecular weight is 203 g/mol. The first kappa shape index (κ1) is 12.6. The van der Waals surface area contributed by atoms with Gasteiger partial charge >= 0.3 is 0 Å². The SMILES string of the molecule is CCCC(C)=NOC(C)(CC)O[SiH3]. The van der Waals surface area contributed by atoms with Gasteiger partial charge in [0.1, 0.15) is 0 Å². The van der Waals surface area contributed by atoms with Crippen LogP contribution in [0.3, 0.4) is 0 Å². The first-order valence-electron chi connectivity index (χ1n) is 4.84. The van der Waals surface area contributed by atoms with E-state index in [0.717, 1.165) is 25.0 Å². The highest BCUT2D eigenvalue weighted by Gasteiger charge is 2.21. The van der Waals surface area contributed by atoms with E-state index >= 15 is 0 Å². The van der Waals surface area contributed by atoms with E-state index in [0.29, 0.717) is 10.5 Å². The molecule has 3 nitrogen and oxygen atoms in total. The van der Waals surface area contributed by atoms with E-state index < -0.39 is 5.79 Å². The van der Waals surface area contributed by atoms with E-state index in [2.05, 4.69) is 12.1 Å². The molecule has 0 fully saturated rings. The highest BCUT2D eigenvalue weighted by Crippen LogP contribution is 2.15. The van der Waals surface area contributed by atoms with Crippen LogP contribution < -0.4 is 0 Å². The molecule has 0 aromatic carbocycles. The van der Waals surface area contributed by atoms with E-state index in [1.807, 2.05) is 20.8 Å². The summed E-state index contributed by atoms with van der Waals surface area (Å²) in [6.07, 6.45) is 2.91. The van der Waals surface area contributed by atoms with E-state index in [1.54, 1.807) is 0 Å². The third-order valence-corrected chi connectivity index (χ3v) is 2.94. The molecule has 13 heavy (non-hydrogen) atoms. The van der Waals surface area contributed by atoms with Gasteiger partial charge in [-0.2, -0.15) is 0 Å². The lowest BCUT2D eigenvalue weighted by molar-refractivity contribution is -0.169. The Labute approximate surface area is 84.0 Å². The Morgan fingerprint density at radius 3 is 2.46 bits per heavy atom. The monoisotopic (exact) mass is 203 g/mol. The Bertz CT molecular complexity index is 167. The second-order valence-electron chi connectivity index (χ2n) is 3.36. The van der Waals surface area contributed by atoms with Crippen LogP contribution in [0, 0.1) is 0 Å². The molecule has 1 unspecified atom stereocenters. The molecule has 0 heterocycles. The van der Waals surface area contributed by atoms with Gasteiger partial charge in [-0.15, -0.1) is 0 Å².